The number of methoxy groups -OCH3 is 1. The number of hydrogen-bond acceptors (Lipinski definition) is 6. The second-order valence-corrected chi connectivity index (χ2v) is 5.60. The van der Waals surface area contributed by atoms with Crippen LogP contribution in [-0.4, -0.2) is 66.2 Å². The number of carbonyl (C=O) groups is 1. The van der Waals surface area contributed by atoms with Gasteiger partial charge in [0.05, 0.1) is 7.11 Å². The molecule has 0 aliphatic carbocycles. The Labute approximate surface area is 134 Å². The molecule has 1 aromatic carbocycles. The molecule has 0 spiro atoms. The van der Waals surface area contributed by atoms with E-state index in [1.807, 2.05) is 29.2 Å². The Hall–Kier alpha value is -2.41. The summed E-state index contributed by atoms with van der Waals surface area (Å²) >= 11 is 0. The number of ether oxygens (including phenoxy) is 1. The fourth-order valence-corrected chi connectivity index (χ4v) is 2.48. The van der Waals surface area contributed by atoms with Crippen LogP contribution >= 0.6 is 0 Å². The molecule has 0 radical (unpaired) electrons. The molecule has 1 saturated heterocycles. The van der Waals surface area contributed by atoms with Gasteiger partial charge in [0.25, 0.3) is 0 Å². The normalized spacial score (nSPS) is 15.7. The number of carbonyl (C=O) groups excluding carboxylic acids is 1. The minimum Gasteiger partial charge on any atom is -0.497 e. The number of likely N-dealkylation sites (N-methyl/N-ethyl adjacent to an activating group) is 1. The average molecular weight is 316 g/mol. The lowest BCUT2D eigenvalue weighted by atomic mass is 10.2. The maximum absolute atomic E-state index is 12.3. The van der Waals surface area contributed by atoms with Gasteiger partial charge in [-0.05, 0) is 31.3 Å². The number of nitrogens with zero attached hydrogens (tertiary/aromatic N) is 4. The summed E-state index contributed by atoms with van der Waals surface area (Å²) in [5.74, 6) is 1.62. The maximum Gasteiger partial charge on any atom is 0.236 e. The fraction of sp³-hybridized carbons (Fsp3) is 0.438. The Kier molecular flexibility index (Phi) is 4.57. The van der Waals surface area contributed by atoms with Crippen LogP contribution in [0, 0.1) is 0 Å². The molecule has 0 saturated carbocycles. The first-order chi connectivity index (χ1) is 11.2. The number of benzene rings is 1. The summed E-state index contributed by atoms with van der Waals surface area (Å²) in [5, 5.41) is 3.95. The van der Waals surface area contributed by atoms with Crippen molar-refractivity contribution in [2.24, 2.45) is 0 Å². The fourth-order valence-electron chi connectivity index (χ4n) is 2.48. The van der Waals surface area contributed by atoms with Gasteiger partial charge < -0.3 is 19.1 Å². The van der Waals surface area contributed by atoms with Crippen molar-refractivity contribution in [1.82, 2.24) is 19.9 Å². The van der Waals surface area contributed by atoms with Crippen LogP contribution in [0.1, 0.15) is 5.89 Å². The molecular weight excluding hydrogens is 296 g/mol. The summed E-state index contributed by atoms with van der Waals surface area (Å²) in [6.45, 7) is 3.28. The van der Waals surface area contributed by atoms with Crippen molar-refractivity contribution in [1.29, 1.82) is 0 Å². The monoisotopic (exact) mass is 316 g/mol. The van der Waals surface area contributed by atoms with Crippen LogP contribution in [0.4, 0.5) is 0 Å². The molecule has 0 N–H and O–H groups in total. The van der Waals surface area contributed by atoms with Crippen molar-refractivity contribution >= 4 is 5.91 Å². The van der Waals surface area contributed by atoms with Crippen molar-refractivity contribution in [3.63, 3.8) is 0 Å². The van der Waals surface area contributed by atoms with E-state index in [0.717, 1.165) is 37.5 Å². The van der Waals surface area contributed by atoms with Gasteiger partial charge in [0, 0.05) is 31.7 Å². The zero-order valence-corrected chi connectivity index (χ0v) is 13.4. The summed E-state index contributed by atoms with van der Waals surface area (Å²) in [6.07, 6.45) is 0.146. The maximum atomic E-state index is 12.3. The summed E-state index contributed by atoms with van der Waals surface area (Å²) < 4.78 is 10.3. The lowest BCUT2D eigenvalue weighted by molar-refractivity contribution is -0.132. The SMILES string of the molecule is COc1ccc(-c2noc(CC(=O)N3CCN(C)CC3)n2)cc1. The molecule has 1 aliphatic heterocycles. The number of hydrogen-bond donors (Lipinski definition) is 0. The van der Waals surface area contributed by atoms with Crippen molar-refractivity contribution in [2.75, 3.05) is 40.3 Å². The third-order valence-corrected chi connectivity index (χ3v) is 3.97. The van der Waals surface area contributed by atoms with Crippen LogP contribution < -0.4 is 4.74 Å². The van der Waals surface area contributed by atoms with Gasteiger partial charge in [0.15, 0.2) is 0 Å². The molecular formula is C16H20N4O3. The van der Waals surface area contributed by atoms with E-state index in [1.54, 1.807) is 7.11 Å². The Morgan fingerprint density at radius 3 is 2.57 bits per heavy atom. The molecule has 1 aromatic heterocycles. The molecule has 1 fully saturated rings. The molecule has 0 bridgehead atoms. The molecule has 1 aliphatic rings. The van der Waals surface area contributed by atoms with Gasteiger partial charge >= 0.3 is 0 Å². The van der Waals surface area contributed by atoms with E-state index in [-0.39, 0.29) is 12.3 Å². The topological polar surface area (TPSA) is 71.7 Å². The molecule has 3 rings (SSSR count). The third kappa shape index (κ3) is 3.68. The standard InChI is InChI=1S/C16H20N4O3/c1-19-7-9-20(10-8-19)15(21)11-14-17-16(18-23-14)12-3-5-13(22-2)6-4-12/h3-6H,7-11H2,1-2H3. The number of piperazine rings is 1. The highest BCUT2D eigenvalue weighted by Gasteiger charge is 2.21. The van der Waals surface area contributed by atoms with E-state index in [4.69, 9.17) is 9.26 Å². The highest BCUT2D eigenvalue weighted by atomic mass is 16.5. The first-order valence-electron chi connectivity index (χ1n) is 7.59. The minimum absolute atomic E-state index is 0.0306. The smallest absolute Gasteiger partial charge is 0.236 e. The van der Waals surface area contributed by atoms with Gasteiger partial charge in [-0.15, -0.1) is 0 Å². The van der Waals surface area contributed by atoms with E-state index in [2.05, 4.69) is 22.1 Å². The summed E-state index contributed by atoms with van der Waals surface area (Å²) in [4.78, 5) is 20.6. The van der Waals surface area contributed by atoms with Crippen LogP contribution in [0.2, 0.25) is 0 Å². The van der Waals surface area contributed by atoms with E-state index in [1.165, 1.54) is 0 Å². The Morgan fingerprint density at radius 1 is 1.22 bits per heavy atom. The highest BCUT2D eigenvalue weighted by Crippen LogP contribution is 2.20. The molecule has 7 nitrogen and oxygen atoms in total. The van der Waals surface area contributed by atoms with Crippen LogP contribution in [0.15, 0.2) is 28.8 Å². The lowest BCUT2D eigenvalue weighted by Crippen LogP contribution is -2.47. The number of rotatable bonds is 4. The third-order valence-electron chi connectivity index (χ3n) is 3.97. The van der Waals surface area contributed by atoms with Crippen LogP contribution in [-0.2, 0) is 11.2 Å². The summed E-state index contributed by atoms with van der Waals surface area (Å²) in [6, 6.07) is 7.38. The molecule has 0 unspecified atom stereocenters. The van der Waals surface area contributed by atoms with Crippen molar-refractivity contribution in [3.05, 3.63) is 30.2 Å². The van der Waals surface area contributed by atoms with E-state index >= 15 is 0 Å². The van der Waals surface area contributed by atoms with Gasteiger partial charge in [-0.2, -0.15) is 4.98 Å². The molecule has 122 valence electrons. The Bertz CT molecular complexity index is 660. The van der Waals surface area contributed by atoms with Gasteiger partial charge in [0.2, 0.25) is 17.6 Å². The molecule has 23 heavy (non-hydrogen) atoms. The predicted octanol–water partition coefficient (Wildman–Crippen LogP) is 1.06. The van der Waals surface area contributed by atoms with Gasteiger partial charge in [-0.25, -0.2) is 0 Å². The average Bonchev–Trinajstić information content (AvgIpc) is 3.04. The van der Waals surface area contributed by atoms with E-state index < -0.39 is 0 Å². The van der Waals surface area contributed by atoms with E-state index in [0.29, 0.717) is 11.7 Å². The molecule has 2 aromatic rings. The largest absolute Gasteiger partial charge is 0.497 e. The highest BCUT2D eigenvalue weighted by molar-refractivity contribution is 5.78. The Balaban J connectivity index is 1.63. The van der Waals surface area contributed by atoms with Crippen molar-refractivity contribution in [3.8, 4) is 17.1 Å². The number of amides is 1. The first-order valence-corrected chi connectivity index (χ1v) is 7.59. The molecule has 1 amide bonds. The van der Waals surface area contributed by atoms with Gasteiger partial charge in [0.1, 0.15) is 12.2 Å². The van der Waals surface area contributed by atoms with E-state index in [9.17, 15) is 4.79 Å². The van der Waals surface area contributed by atoms with Crippen LogP contribution in [0.3, 0.4) is 0 Å². The summed E-state index contributed by atoms with van der Waals surface area (Å²) in [7, 11) is 3.67. The van der Waals surface area contributed by atoms with Crippen LogP contribution in [0.5, 0.6) is 5.75 Å². The molecule has 7 heteroatoms. The lowest BCUT2D eigenvalue weighted by Gasteiger charge is -2.32. The van der Waals surface area contributed by atoms with Crippen molar-refractivity contribution in [2.45, 2.75) is 6.42 Å². The molecule has 0 atom stereocenters. The zero-order chi connectivity index (χ0) is 16.2. The number of aromatic nitrogens is 2. The second kappa shape index (κ2) is 6.78. The predicted molar refractivity (Wildman–Crippen MR) is 84.1 cm³/mol. The first kappa shape index (κ1) is 15.5. The summed E-state index contributed by atoms with van der Waals surface area (Å²) in [5.41, 5.74) is 0.827. The van der Waals surface area contributed by atoms with Crippen molar-refractivity contribution < 1.29 is 14.1 Å². The second-order valence-electron chi connectivity index (χ2n) is 5.60. The van der Waals surface area contributed by atoms with Gasteiger partial charge in [-0.1, -0.05) is 5.16 Å². The van der Waals surface area contributed by atoms with Gasteiger partial charge in [-0.3, -0.25) is 4.79 Å². The zero-order valence-electron chi connectivity index (χ0n) is 13.4. The Morgan fingerprint density at radius 2 is 1.91 bits per heavy atom. The van der Waals surface area contributed by atoms with Crippen LogP contribution in [0.25, 0.3) is 11.4 Å². The quantitative estimate of drug-likeness (QED) is 0.840. The minimum atomic E-state index is 0.0306. The molecule has 2 heterocycles.